The van der Waals surface area contributed by atoms with Gasteiger partial charge in [0.1, 0.15) is 6.04 Å². The van der Waals surface area contributed by atoms with E-state index in [2.05, 4.69) is 52.3 Å². The SMILES string of the molecule is CCN(CC)c1ccc(/C=N/NC(=O)C2CC(c3ccc(Cl)cc3)NN2)cc1. The lowest BCUT2D eigenvalue weighted by atomic mass is 10.0. The van der Waals surface area contributed by atoms with Gasteiger partial charge in [-0.3, -0.25) is 4.79 Å². The van der Waals surface area contributed by atoms with Crippen LogP contribution in [0.4, 0.5) is 5.69 Å². The van der Waals surface area contributed by atoms with Gasteiger partial charge in [-0.1, -0.05) is 35.9 Å². The number of carbonyl (C=O) groups is 1. The van der Waals surface area contributed by atoms with Gasteiger partial charge in [0.05, 0.1) is 6.21 Å². The second-order valence-corrected chi connectivity index (χ2v) is 7.12. The molecule has 2 atom stereocenters. The fourth-order valence-electron chi connectivity index (χ4n) is 3.25. The summed E-state index contributed by atoms with van der Waals surface area (Å²) in [5.74, 6) is -0.167. The molecule has 1 fully saturated rings. The number of hydrogen-bond donors (Lipinski definition) is 3. The van der Waals surface area contributed by atoms with Crippen LogP contribution >= 0.6 is 11.6 Å². The van der Waals surface area contributed by atoms with Gasteiger partial charge in [0.25, 0.3) is 5.91 Å². The summed E-state index contributed by atoms with van der Waals surface area (Å²) < 4.78 is 0. The van der Waals surface area contributed by atoms with E-state index in [1.807, 2.05) is 36.4 Å². The maximum atomic E-state index is 12.3. The number of hydrazone groups is 1. The molecule has 148 valence electrons. The Kier molecular flexibility index (Phi) is 7.03. The Balaban J connectivity index is 1.50. The number of carbonyl (C=O) groups excluding carboxylic acids is 1. The van der Waals surface area contributed by atoms with Gasteiger partial charge < -0.3 is 4.90 Å². The number of benzene rings is 2. The quantitative estimate of drug-likeness (QED) is 0.494. The van der Waals surface area contributed by atoms with Crippen LogP contribution in [0.3, 0.4) is 0 Å². The van der Waals surface area contributed by atoms with Gasteiger partial charge in [0.2, 0.25) is 0 Å². The Labute approximate surface area is 170 Å². The highest BCUT2D eigenvalue weighted by molar-refractivity contribution is 6.30. The van der Waals surface area contributed by atoms with Crippen LogP contribution in [0.15, 0.2) is 53.6 Å². The van der Waals surface area contributed by atoms with Gasteiger partial charge in [0, 0.05) is 29.8 Å². The molecule has 1 aliphatic rings. The summed E-state index contributed by atoms with van der Waals surface area (Å²) in [6.07, 6.45) is 2.30. The maximum Gasteiger partial charge on any atom is 0.258 e. The van der Waals surface area contributed by atoms with E-state index < -0.39 is 0 Å². The molecule has 0 saturated carbocycles. The first-order valence-corrected chi connectivity index (χ1v) is 9.93. The molecule has 7 heteroatoms. The van der Waals surface area contributed by atoms with Crippen LogP contribution in [0.2, 0.25) is 5.02 Å². The van der Waals surface area contributed by atoms with Crippen LogP contribution < -0.4 is 21.2 Å². The number of hydrogen-bond acceptors (Lipinski definition) is 5. The van der Waals surface area contributed by atoms with E-state index in [9.17, 15) is 4.79 Å². The van der Waals surface area contributed by atoms with E-state index in [1.54, 1.807) is 6.21 Å². The summed E-state index contributed by atoms with van der Waals surface area (Å²) in [7, 11) is 0. The highest BCUT2D eigenvalue weighted by Crippen LogP contribution is 2.23. The van der Waals surface area contributed by atoms with Crippen molar-refractivity contribution in [1.82, 2.24) is 16.3 Å². The fraction of sp³-hybridized carbons (Fsp3) is 0.333. The van der Waals surface area contributed by atoms with Crippen molar-refractivity contribution >= 4 is 29.4 Å². The van der Waals surface area contributed by atoms with Crippen LogP contribution in [0, 0.1) is 0 Å². The van der Waals surface area contributed by atoms with E-state index in [4.69, 9.17) is 11.6 Å². The number of halogens is 1. The van der Waals surface area contributed by atoms with E-state index in [0.29, 0.717) is 11.4 Å². The minimum absolute atomic E-state index is 0.0598. The highest BCUT2D eigenvalue weighted by atomic mass is 35.5. The van der Waals surface area contributed by atoms with Crippen molar-refractivity contribution in [1.29, 1.82) is 0 Å². The molecule has 0 aliphatic carbocycles. The first kappa shape index (κ1) is 20.3. The Hall–Kier alpha value is -2.41. The lowest BCUT2D eigenvalue weighted by Crippen LogP contribution is -2.41. The summed E-state index contributed by atoms with van der Waals surface area (Å²) in [4.78, 5) is 14.6. The van der Waals surface area contributed by atoms with Crippen molar-refractivity contribution in [3.05, 3.63) is 64.7 Å². The Morgan fingerprint density at radius 2 is 1.82 bits per heavy atom. The number of rotatable bonds is 7. The third-order valence-electron chi connectivity index (χ3n) is 4.90. The van der Waals surface area contributed by atoms with Gasteiger partial charge in [-0.05, 0) is 55.7 Å². The molecule has 1 saturated heterocycles. The van der Waals surface area contributed by atoms with E-state index in [-0.39, 0.29) is 18.0 Å². The fourth-order valence-corrected chi connectivity index (χ4v) is 3.38. The van der Waals surface area contributed by atoms with Gasteiger partial charge in [0.15, 0.2) is 0 Å². The highest BCUT2D eigenvalue weighted by Gasteiger charge is 2.29. The number of amides is 1. The molecule has 2 aromatic rings. The van der Waals surface area contributed by atoms with Crippen molar-refractivity contribution < 1.29 is 4.79 Å². The summed E-state index contributed by atoms with van der Waals surface area (Å²) in [5, 5.41) is 4.78. The van der Waals surface area contributed by atoms with Crippen LogP contribution in [0.5, 0.6) is 0 Å². The molecule has 0 bridgehead atoms. The van der Waals surface area contributed by atoms with Gasteiger partial charge in [-0.25, -0.2) is 16.3 Å². The van der Waals surface area contributed by atoms with Crippen molar-refractivity contribution in [2.75, 3.05) is 18.0 Å². The maximum absolute atomic E-state index is 12.3. The smallest absolute Gasteiger partial charge is 0.258 e. The monoisotopic (exact) mass is 399 g/mol. The molecule has 1 heterocycles. The molecule has 1 amide bonds. The van der Waals surface area contributed by atoms with Gasteiger partial charge >= 0.3 is 0 Å². The second-order valence-electron chi connectivity index (χ2n) is 6.68. The molecule has 3 N–H and O–H groups in total. The molecule has 28 heavy (non-hydrogen) atoms. The molecule has 1 aliphatic heterocycles. The minimum atomic E-state index is -0.345. The summed E-state index contributed by atoms with van der Waals surface area (Å²) in [5.41, 5.74) is 12.0. The van der Waals surface area contributed by atoms with E-state index in [1.165, 1.54) is 5.69 Å². The summed E-state index contributed by atoms with van der Waals surface area (Å²) in [6.45, 7) is 6.22. The largest absolute Gasteiger partial charge is 0.372 e. The molecule has 2 aromatic carbocycles. The zero-order valence-electron chi connectivity index (χ0n) is 16.2. The van der Waals surface area contributed by atoms with Crippen LogP contribution in [0.25, 0.3) is 0 Å². The normalized spacial score (nSPS) is 19.1. The molecule has 3 rings (SSSR count). The predicted octanol–water partition coefficient (Wildman–Crippen LogP) is 3.24. The zero-order chi connectivity index (χ0) is 19.9. The van der Waals surface area contributed by atoms with Crippen LogP contribution in [-0.2, 0) is 4.79 Å². The van der Waals surface area contributed by atoms with E-state index in [0.717, 1.165) is 24.2 Å². The number of hydrazine groups is 1. The van der Waals surface area contributed by atoms with Crippen LogP contribution in [-0.4, -0.2) is 31.3 Å². The number of anilines is 1. The molecule has 6 nitrogen and oxygen atoms in total. The van der Waals surface area contributed by atoms with Crippen molar-refractivity contribution in [2.24, 2.45) is 5.10 Å². The molecule has 2 unspecified atom stereocenters. The Bertz CT molecular complexity index is 803. The summed E-state index contributed by atoms with van der Waals surface area (Å²) in [6, 6.07) is 15.5. The standard InChI is InChI=1S/C21H26ClN5O/c1-3-27(4-2)18-11-5-15(6-12-18)14-23-26-21(28)20-13-19(24-25-20)16-7-9-17(22)10-8-16/h5-12,14,19-20,24-25H,3-4,13H2,1-2H3,(H,26,28)/b23-14+. The average molecular weight is 400 g/mol. The van der Waals surface area contributed by atoms with Crippen molar-refractivity contribution in [2.45, 2.75) is 32.4 Å². The molecule has 0 aromatic heterocycles. The van der Waals surface area contributed by atoms with Gasteiger partial charge in [-0.15, -0.1) is 0 Å². The molecular formula is C21H26ClN5O. The van der Waals surface area contributed by atoms with Crippen LogP contribution in [0.1, 0.15) is 37.4 Å². The summed E-state index contributed by atoms with van der Waals surface area (Å²) >= 11 is 5.93. The van der Waals surface area contributed by atoms with E-state index >= 15 is 0 Å². The minimum Gasteiger partial charge on any atom is -0.372 e. The second kappa shape index (κ2) is 9.68. The lowest BCUT2D eigenvalue weighted by molar-refractivity contribution is -0.122. The average Bonchev–Trinajstić information content (AvgIpc) is 3.21. The lowest BCUT2D eigenvalue weighted by Gasteiger charge is -2.20. The molecule has 0 radical (unpaired) electrons. The zero-order valence-corrected chi connectivity index (χ0v) is 16.9. The van der Waals surface area contributed by atoms with Crippen molar-refractivity contribution in [3.63, 3.8) is 0 Å². The first-order chi connectivity index (χ1) is 13.6. The third-order valence-corrected chi connectivity index (χ3v) is 5.15. The first-order valence-electron chi connectivity index (χ1n) is 9.55. The Morgan fingerprint density at radius 1 is 1.14 bits per heavy atom. The molecule has 0 spiro atoms. The Morgan fingerprint density at radius 3 is 2.46 bits per heavy atom. The topological polar surface area (TPSA) is 68.8 Å². The van der Waals surface area contributed by atoms with Gasteiger partial charge in [-0.2, -0.15) is 5.10 Å². The predicted molar refractivity (Wildman–Crippen MR) is 115 cm³/mol. The number of nitrogens with zero attached hydrogens (tertiary/aromatic N) is 2. The third kappa shape index (κ3) is 5.10. The molecular weight excluding hydrogens is 374 g/mol. The van der Waals surface area contributed by atoms with Crippen molar-refractivity contribution in [3.8, 4) is 0 Å². The number of nitrogens with one attached hydrogen (secondary N) is 3.